The first-order valence-corrected chi connectivity index (χ1v) is 6.78. The summed E-state index contributed by atoms with van der Waals surface area (Å²) < 4.78 is 6.01. The van der Waals surface area contributed by atoms with Crippen LogP contribution in [0.25, 0.3) is 0 Å². The number of ether oxygens (including phenoxy) is 1. The number of anilines is 1. The summed E-state index contributed by atoms with van der Waals surface area (Å²) in [6.07, 6.45) is 3.80. The van der Waals surface area contributed by atoms with E-state index in [0.29, 0.717) is 17.9 Å². The average Bonchev–Trinajstić information content (AvgIpc) is 2.33. The van der Waals surface area contributed by atoms with Crippen molar-refractivity contribution in [2.45, 2.75) is 46.1 Å². The van der Waals surface area contributed by atoms with Crippen molar-refractivity contribution >= 4 is 5.95 Å². The largest absolute Gasteiger partial charge is 0.474 e. The van der Waals surface area contributed by atoms with Gasteiger partial charge < -0.3 is 10.1 Å². The highest BCUT2D eigenvalue weighted by Crippen LogP contribution is 2.31. The van der Waals surface area contributed by atoms with Gasteiger partial charge in [0, 0.05) is 18.8 Å². The van der Waals surface area contributed by atoms with Crippen molar-refractivity contribution in [3.63, 3.8) is 0 Å². The fourth-order valence-electron chi connectivity index (χ4n) is 2.49. The third-order valence-corrected chi connectivity index (χ3v) is 3.89. The molecule has 2 rings (SSSR count). The molecule has 3 unspecified atom stereocenters. The van der Waals surface area contributed by atoms with Crippen LogP contribution in [-0.4, -0.2) is 23.1 Å². The minimum Gasteiger partial charge on any atom is -0.474 e. The minimum atomic E-state index is 0.301. The average molecular weight is 249 g/mol. The number of aryl methyl sites for hydroxylation is 1. The second kappa shape index (κ2) is 5.55. The normalized spacial score (nSPS) is 27.9. The first-order chi connectivity index (χ1) is 8.58. The molecule has 0 spiro atoms. The van der Waals surface area contributed by atoms with Crippen LogP contribution >= 0.6 is 0 Å². The molecule has 1 aliphatic carbocycles. The van der Waals surface area contributed by atoms with E-state index in [1.807, 2.05) is 20.0 Å². The van der Waals surface area contributed by atoms with Crippen LogP contribution in [0, 0.1) is 18.8 Å². The summed E-state index contributed by atoms with van der Waals surface area (Å²) in [5, 5.41) is 2.96. The maximum absolute atomic E-state index is 6.01. The highest BCUT2D eigenvalue weighted by atomic mass is 16.5. The molecule has 0 aliphatic heterocycles. The van der Waals surface area contributed by atoms with Gasteiger partial charge in [-0.05, 0) is 38.0 Å². The van der Waals surface area contributed by atoms with Crippen molar-refractivity contribution < 1.29 is 4.74 Å². The maximum Gasteiger partial charge on any atom is 0.225 e. The molecule has 18 heavy (non-hydrogen) atoms. The Bertz CT molecular complexity index is 408. The van der Waals surface area contributed by atoms with Crippen LogP contribution in [0.2, 0.25) is 0 Å². The van der Waals surface area contributed by atoms with Crippen LogP contribution in [0.1, 0.15) is 38.8 Å². The van der Waals surface area contributed by atoms with E-state index >= 15 is 0 Å². The minimum absolute atomic E-state index is 0.301. The number of rotatable bonds is 3. The molecule has 0 amide bonds. The van der Waals surface area contributed by atoms with E-state index in [-0.39, 0.29) is 0 Å². The molecule has 0 aromatic carbocycles. The molecular formula is C14H23N3O. The summed E-state index contributed by atoms with van der Waals surface area (Å²) in [7, 11) is 1.82. The first-order valence-electron chi connectivity index (χ1n) is 6.78. The third-order valence-electron chi connectivity index (χ3n) is 3.89. The van der Waals surface area contributed by atoms with Crippen molar-refractivity contribution in [2.75, 3.05) is 12.4 Å². The van der Waals surface area contributed by atoms with Crippen LogP contribution < -0.4 is 10.1 Å². The lowest BCUT2D eigenvalue weighted by atomic mass is 9.80. The van der Waals surface area contributed by atoms with Crippen LogP contribution in [0.5, 0.6) is 5.88 Å². The lowest BCUT2D eigenvalue weighted by Crippen LogP contribution is -2.29. The van der Waals surface area contributed by atoms with Gasteiger partial charge in [-0.25, -0.2) is 4.98 Å². The van der Waals surface area contributed by atoms with Gasteiger partial charge in [0.2, 0.25) is 11.8 Å². The number of hydrogen-bond donors (Lipinski definition) is 1. The number of hydrogen-bond acceptors (Lipinski definition) is 4. The van der Waals surface area contributed by atoms with Gasteiger partial charge in [0.25, 0.3) is 0 Å². The lowest BCUT2D eigenvalue weighted by Gasteiger charge is -2.31. The second-order valence-corrected chi connectivity index (χ2v) is 5.43. The summed E-state index contributed by atoms with van der Waals surface area (Å²) in [6.45, 7) is 6.60. The summed E-state index contributed by atoms with van der Waals surface area (Å²) in [5.74, 6) is 2.86. The van der Waals surface area contributed by atoms with Gasteiger partial charge in [-0.1, -0.05) is 13.8 Å². The number of nitrogens with zero attached hydrogens (tertiary/aromatic N) is 2. The van der Waals surface area contributed by atoms with Gasteiger partial charge in [-0.15, -0.1) is 0 Å². The summed E-state index contributed by atoms with van der Waals surface area (Å²) in [4.78, 5) is 8.62. The predicted molar refractivity (Wildman–Crippen MR) is 72.9 cm³/mol. The van der Waals surface area contributed by atoms with Gasteiger partial charge in [0.1, 0.15) is 6.10 Å². The smallest absolute Gasteiger partial charge is 0.225 e. The van der Waals surface area contributed by atoms with Crippen LogP contribution in [-0.2, 0) is 0 Å². The van der Waals surface area contributed by atoms with Gasteiger partial charge in [-0.2, -0.15) is 4.98 Å². The standard InChI is InChI=1S/C14H23N3O/c1-9-5-6-12(7-10(9)2)18-13-8-11(3)16-14(15-4)17-13/h8-10,12H,5-7H2,1-4H3,(H,15,16,17). The maximum atomic E-state index is 6.01. The van der Waals surface area contributed by atoms with E-state index in [4.69, 9.17) is 4.74 Å². The molecule has 0 bridgehead atoms. The van der Waals surface area contributed by atoms with Crippen LogP contribution in [0.3, 0.4) is 0 Å². The van der Waals surface area contributed by atoms with E-state index in [0.717, 1.165) is 30.4 Å². The molecule has 0 radical (unpaired) electrons. The molecule has 1 fully saturated rings. The van der Waals surface area contributed by atoms with Crippen molar-refractivity contribution in [1.29, 1.82) is 0 Å². The Labute approximate surface area is 109 Å². The molecule has 0 saturated heterocycles. The molecule has 4 nitrogen and oxygen atoms in total. The molecule has 1 N–H and O–H groups in total. The predicted octanol–water partition coefficient (Wildman–Crippen LogP) is 3.03. The Hall–Kier alpha value is -1.32. The number of aromatic nitrogens is 2. The summed E-state index contributed by atoms with van der Waals surface area (Å²) in [6, 6.07) is 1.91. The summed E-state index contributed by atoms with van der Waals surface area (Å²) in [5.41, 5.74) is 0.932. The third kappa shape index (κ3) is 3.12. The van der Waals surface area contributed by atoms with Crippen molar-refractivity contribution in [2.24, 2.45) is 11.8 Å². The number of nitrogens with one attached hydrogen (secondary N) is 1. The van der Waals surface area contributed by atoms with Crippen molar-refractivity contribution in [3.8, 4) is 5.88 Å². The topological polar surface area (TPSA) is 47.0 Å². The molecular weight excluding hydrogens is 226 g/mol. The van der Waals surface area contributed by atoms with Crippen LogP contribution in [0.15, 0.2) is 6.07 Å². The molecule has 1 aliphatic rings. The van der Waals surface area contributed by atoms with Crippen molar-refractivity contribution in [3.05, 3.63) is 11.8 Å². The van der Waals surface area contributed by atoms with Gasteiger partial charge in [0.15, 0.2) is 0 Å². The van der Waals surface area contributed by atoms with Crippen molar-refractivity contribution in [1.82, 2.24) is 9.97 Å². The Morgan fingerprint density at radius 2 is 2.00 bits per heavy atom. The van der Waals surface area contributed by atoms with E-state index in [1.165, 1.54) is 6.42 Å². The molecule has 4 heteroatoms. The zero-order valence-electron chi connectivity index (χ0n) is 11.7. The monoisotopic (exact) mass is 249 g/mol. The molecule has 1 saturated carbocycles. The van der Waals surface area contributed by atoms with Gasteiger partial charge >= 0.3 is 0 Å². The molecule has 100 valence electrons. The fourth-order valence-corrected chi connectivity index (χ4v) is 2.49. The van der Waals surface area contributed by atoms with E-state index < -0.39 is 0 Å². The molecule has 3 atom stereocenters. The van der Waals surface area contributed by atoms with E-state index in [1.54, 1.807) is 0 Å². The summed E-state index contributed by atoms with van der Waals surface area (Å²) >= 11 is 0. The Morgan fingerprint density at radius 3 is 2.67 bits per heavy atom. The lowest BCUT2D eigenvalue weighted by molar-refractivity contribution is 0.0964. The molecule has 1 aromatic rings. The zero-order valence-corrected chi connectivity index (χ0v) is 11.7. The molecule has 1 heterocycles. The highest BCUT2D eigenvalue weighted by molar-refractivity contribution is 5.29. The highest BCUT2D eigenvalue weighted by Gasteiger charge is 2.26. The quantitative estimate of drug-likeness (QED) is 0.894. The first kappa shape index (κ1) is 13.1. The van der Waals surface area contributed by atoms with E-state index in [2.05, 4.69) is 29.1 Å². The Kier molecular flexibility index (Phi) is 4.04. The fraction of sp³-hybridized carbons (Fsp3) is 0.714. The SMILES string of the molecule is CNc1nc(C)cc(OC2CCC(C)C(C)C2)n1. The Balaban J connectivity index is 2.03. The Morgan fingerprint density at radius 1 is 1.22 bits per heavy atom. The zero-order chi connectivity index (χ0) is 13.1. The van der Waals surface area contributed by atoms with E-state index in [9.17, 15) is 0 Å². The van der Waals surface area contributed by atoms with Gasteiger partial charge in [0.05, 0.1) is 0 Å². The van der Waals surface area contributed by atoms with Crippen LogP contribution in [0.4, 0.5) is 5.95 Å². The second-order valence-electron chi connectivity index (χ2n) is 5.43. The van der Waals surface area contributed by atoms with Gasteiger partial charge in [-0.3, -0.25) is 0 Å². The molecule has 1 aromatic heterocycles.